The van der Waals surface area contributed by atoms with Gasteiger partial charge in [-0.25, -0.2) is 0 Å². The normalized spacial score (nSPS) is 24.8. The average Bonchev–Trinajstić information content (AvgIpc) is 2.42. The Labute approximate surface area is 130 Å². The highest BCUT2D eigenvalue weighted by Crippen LogP contribution is 2.32. The van der Waals surface area contributed by atoms with Crippen LogP contribution in [0.5, 0.6) is 0 Å². The van der Waals surface area contributed by atoms with E-state index < -0.39 is 0 Å². The molecule has 0 amide bonds. The Balaban J connectivity index is 2.20. The van der Waals surface area contributed by atoms with E-state index in [2.05, 4.69) is 72.0 Å². The molecule has 2 rings (SSSR count). The third kappa shape index (κ3) is 3.54. The first-order valence-corrected chi connectivity index (χ1v) is 8.23. The fraction of sp³-hybridized carbons (Fsp3) is 0.625. The molecular formula is C16H25BrN2O. The molecule has 112 valence electrons. The molecule has 3 nitrogen and oxygen atoms in total. The predicted octanol–water partition coefficient (Wildman–Crippen LogP) is 3.73. The van der Waals surface area contributed by atoms with Crippen LogP contribution in [0.25, 0.3) is 0 Å². The number of nitrogens with one attached hydrogen (secondary N) is 1. The maximum atomic E-state index is 5.71. The zero-order valence-electron chi connectivity index (χ0n) is 12.8. The van der Waals surface area contributed by atoms with Gasteiger partial charge >= 0.3 is 0 Å². The molecule has 1 N–H and O–H groups in total. The quantitative estimate of drug-likeness (QED) is 0.903. The van der Waals surface area contributed by atoms with E-state index in [9.17, 15) is 0 Å². The molecule has 0 aromatic heterocycles. The number of anilines is 1. The summed E-state index contributed by atoms with van der Waals surface area (Å²) in [5.74, 6) is 0. The third-order valence-electron chi connectivity index (χ3n) is 3.90. The maximum Gasteiger partial charge on any atom is 0.0723 e. The molecule has 1 aromatic rings. The fourth-order valence-electron chi connectivity index (χ4n) is 2.69. The van der Waals surface area contributed by atoms with Crippen molar-refractivity contribution in [1.82, 2.24) is 5.32 Å². The lowest BCUT2D eigenvalue weighted by molar-refractivity contribution is 0.0343. The molecule has 0 spiro atoms. The summed E-state index contributed by atoms with van der Waals surface area (Å²) >= 11 is 3.74. The van der Waals surface area contributed by atoms with Crippen LogP contribution in [-0.4, -0.2) is 31.8 Å². The summed E-state index contributed by atoms with van der Waals surface area (Å²) in [6, 6.07) is 7.48. The second-order valence-corrected chi connectivity index (χ2v) is 6.49. The van der Waals surface area contributed by atoms with Crippen LogP contribution in [0, 0.1) is 0 Å². The van der Waals surface area contributed by atoms with E-state index in [1.165, 1.54) is 15.7 Å². The number of hydrogen-bond donors (Lipinski definition) is 1. The van der Waals surface area contributed by atoms with Crippen molar-refractivity contribution < 1.29 is 4.74 Å². The van der Waals surface area contributed by atoms with Gasteiger partial charge in [0.05, 0.1) is 18.4 Å². The minimum Gasteiger partial charge on any atom is -0.375 e. The lowest BCUT2D eigenvalue weighted by Crippen LogP contribution is -2.47. The molecule has 0 radical (unpaired) electrons. The number of rotatable bonds is 4. The minimum absolute atomic E-state index is 0.290. The number of ether oxygens (including phenoxy) is 1. The van der Waals surface area contributed by atoms with Crippen molar-refractivity contribution in [3.63, 3.8) is 0 Å². The first-order valence-electron chi connectivity index (χ1n) is 7.44. The number of hydrogen-bond acceptors (Lipinski definition) is 3. The van der Waals surface area contributed by atoms with E-state index in [-0.39, 0.29) is 0 Å². The second-order valence-electron chi connectivity index (χ2n) is 5.64. The van der Waals surface area contributed by atoms with Crippen LogP contribution < -0.4 is 10.2 Å². The van der Waals surface area contributed by atoms with Gasteiger partial charge in [-0.3, -0.25) is 0 Å². The van der Waals surface area contributed by atoms with Crippen molar-refractivity contribution in [2.24, 2.45) is 0 Å². The van der Waals surface area contributed by atoms with Gasteiger partial charge in [0.25, 0.3) is 0 Å². The van der Waals surface area contributed by atoms with Gasteiger partial charge < -0.3 is 15.0 Å². The molecule has 0 saturated carbocycles. The molecule has 3 unspecified atom stereocenters. The molecule has 20 heavy (non-hydrogen) atoms. The summed E-state index contributed by atoms with van der Waals surface area (Å²) in [5, 5.41) is 3.45. The Hall–Kier alpha value is -0.580. The highest BCUT2D eigenvalue weighted by atomic mass is 79.9. The van der Waals surface area contributed by atoms with Crippen LogP contribution in [0.2, 0.25) is 0 Å². The Kier molecular flexibility index (Phi) is 5.47. The Morgan fingerprint density at radius 1 is 1.45 bits per heavy atom. The standard InChI is InChI=1S/C16H25BrN2O/c1-5-18-13(4)14-6-7-16(15(17)8-14)19-9-12(3)20-10-11(19)2/h6-8,11-13,18H,5,9-10H2,1-4H3. The van der Waals surface area contributed by atoms with E-state index >= 15 is 0 Å². The molecular weight excluding hydrogens is 316 g/mol. The first kappa shape index (κ1) is 15.8. The lowest BCUT2D eigenvalue weighted by atomic mass is 10.1. The van der Waals surface area contributed by atoms with Crippen LogP contribution >= 0.6 is 15.9 Å². The van der Waals surface area contributed by atoms with E-state index in [4.69, 9.17) is 4.74 Å². The van der Waals surface area contributed by atoms with Gasteiger partial charge in [0, 0.05) is 23.1 Å². The second kappa shape index (κ2) is 6.92. The SMILES string of the molecule is CCNC(C)c1ccc(N2CC(C)OCC2C)c(Br)c1. The van der Waals surface area contributed by atoms with E-state index in [1.54, 1.807) is 0 Å². The zero-order chi connectivity index (χ0) is 14.7. The van der Waals surface area contributed by atoms with Gasteiger partial charge in [-0.2, -0.15) is 0 Å². The van der Waals surface area contributed by atoms with Gasteiger partial charge in [0.2, 0.25) is 0 Å². The Morgan fingerprint density at radius 3 is 2.85 bits per heavy atom. The van der Waals surface area contributed by atoms with Crippen LogP contribution in [0.3, 0.4) is 0 Å². The summed E-state index contributed by atoms with van der Waals surface area (Å²) in [5.41, 5.74) is 2.58. The molecule has 0 bridgehead atoms. The summed E-state index contributed by atoms with van der Waals surface area (Å²) in [7, 11) is 0. The predicted molar refractivity (Wildman–Crippen MR) is 88.5 cm³/mol. The van der Waals surface area contributed by atoms with Crippen LogP contribution in [0.1, 0.15) is 39.3 Å². The first-order chi connectivity index (χ1) is 9.52. The number of benzene rings is 1. The zero-order valence-corrected chi connectivity index (χ0v) is 14.4. The van der Waals surface area contributed by atoms with E-state index in [0.29, 0.717) is 18.2 Å². The molecule has 1 fully saturated rings. The average molecular weight is 341 g/mol. The summed E-state index contributed by atoms with van der Waals surface area (Å²) in [4.78, 5) is 2.43. The molecule has 0 aliphatic carbocycles. The Bertz CT molecular complexity index is 452. The third-order valence-corrected chi connectivity index (χ3v) is 4.53. The lowest BCUT2D eigenvalue weighted by Gasteiger charge is -2.39. The van der Waals surface area contributed by atoms with Crippen molar-refractivity contribution in [1.29, 1.82) is 0 Å². The van der Waals surface area contributed by atoms with Crippen LogP contribution in [0.4, 0.5) is 5.69 Å². The highest BCUT2D eigenvalue weighted by Gasteiger charge is 2.25. The van der Waals surface area contributed by atoms with Crippen LogP contribution in [0.15, 0.2) is 22.7 Å². The van der Waals surface area contributed by atoms with Crippen molar-refractivity contribution in [2.45, 2.75) is 45.9 Å². The molecule has 3 atom stereocenters. The van der Waals surface area contributed by atoms with E-state index in [0.717, 1.165) is 19.7 Å². The summed E-state index contributed by atoms with van der Waals surface area (Å²) < 4.78 is 6.88. The fourth-order valence-corrected chi connectivity index (χ4v) is 3.31. The molecule has 1 heterocycles. The number of halogens is 1. The smallest absolute Gasteiger partial charge is 0.0723 e. The summed E-state index contributed by atoms with van der Waals surface area (Å²) in [6.07, 6.45) is 0.290. The van der Waals surface area contributed by atoms with Gasteiger partial charge in [0.15, 0.2) is 0 Å². The maximum absolute atomic E-state index is 5.71. The molecule has 1 aliphatic rings. The molecule has 1 saturated heterocycles. The molecule has 4 heteroatoms. The van der Waals surface area contributed by atoms with Crippen molar-refractivity contribution in [2.75, 3.05) is 24.6 Å². The van der Waals surface area contributed by atoms with E-state index in [1.807, 2.05) is 0 Å². The number of morpholine rings is 1. The van der Waals surface area contributed by atoms with Crippen LogP contribution in [-0.2, 0) is 4.74 Å². The van der Waals surface area contributed by atoms with Gasteiger partial charge in [0.1, 0.15) is 0 Å². The van der Waals surface area contributed by atoms with Gasteiger partial charge in [-0.05, 0) is 60.9 Å². The molecule has 1 aromatic carbocycles. The van der Waals surface area contributed by atoms with Gasteiger partial charge in [-0.1, -0.05) is 13.0 Å². The van der Waals surface area contributed by atoms with Crippen molar-refractivity contribution >= 4 is 21.6 Å². The Morgan fingerprint density at radius 2 is 2.20 bits per heavy atom. The minimum atomic E-state index is 0.290. The topological polar surface area (TPSA) is 24.5 Å². The largest absolute Gasteiger partial charge is 0.375 e. The van der Waals surface area contributed by atoms with Crippen molar-refractivity contribution in [3.8, 4) is 0 Å². The highest BCUT2D eigenvalue weighted by molar-refractivity contribution is 9.10. The number of nitrogens with zero attached hydrogens (tertiary/aromatic N) is 1. The monoisotopic (exact) mass is 340 g/mol. The van der Waals surface area contributed by atoms with Gasteiger partial charge in [-0.15, -0.1) is 0 Å². The summed E-state index contributed by atoms with van der Waals surface area (Å²) in [6.45, 7) is 11.4. The van der Waals surface area contributed by atoms with Crippen molar-refractivity contribution in [3.05, 3.63) is 28.2 Å². The molecule has 1 aliphatic heterocycles.